The van der Waals surface area contributed by atoms with Crippen molar-refractivity contribution in [3.8, 4) is 0 Å². The molecule has 74 valence electrons. The molecule has 2 rings (SSSR count). The molecule has 2 aromatic rings. The fraction of sp³-hybridized carbons (Fsp3) is 0.250. The van der Waals surface area contributed by atoms with E-state index in [1.54, 1.807) is 22.2 Å². The summed E-state index contributed by atoms with van der Waals surface area (Å²) in [7, 11) is 1.90. The first kappa shape index (κ1) is 9.67. The second-order valence-electron chi connectivity index (χ2n) is 2.75. The zero-order valence-electron chi connectivity index (χ0n) is 7.57. The molecule has 1 N–H and O–H groups in total. The Hall–Kier alpha value is -0.880. The van der Waals surface area contributed by atoms with Gasteiger partial charge in [0.1, 0.15) is 10.8 Å². The standard InChI is InChI=1S/C8H9BrN4S/c1-13-7(2-3-12-13)10-5-8-11-4-6(9)14-8/h2-4,10H,5H2,1H3. The van der Waals surface area contributed by atoms with Crippen molar-refractivity contribution < 1.29 is 0 Å². The van der Waals surface area contributed by atoms with Gasteiger partial charge in [-0.1, -0.05) is 0 Å². The SMILES string of the molecule is Cn1nccc1NCc1ncc(Br)s1. The average Bonchev–Trinajstić information content (AvgIpc) is 2.72. The lowest BCUT2D eigenvalue weighted by Gasteiger charge is -2.03. The zero-order chi connectivity index (χ0) is 9.97. The number of hydrogen-bond acceptors (Lipinski definition) is 4. The Bertz CT molecular complexity index is 422. The molecular weight excluding hydrogens is 264 g/mol. The van der Waals surface area contributed by atoms with Crippen LogP contribution in [0.25, 0.3) is 0 Å². The maximum absolute atomic E-state index is 4.22. The van der Waals surface area contributed by atoms with Crippen molar-refractivity contribution in [2.75, 3.05) is 5.32 Å². The summed E-state index contributed by atoms with van der Waals surface area (Å²) in [6, 6.07) is 1.93. The number of anilines is 1. The van der Waals surface area contributed by atoms with Crippen molar-refractivity contribution in [2.45, 2.75) is 6.54 Å². The molecule has 0 saturated carbocycles. The number of halogens is 1. The van der Waals surface area contributed by atoms with Crippen molar-refractivity contribution in [3.05, 3.63) is 27.3 Å². The van der Waals surface area contributed by atoms with E-state index in [1.807, 2.05) is 19.3 Å². The van der Waals surface area contributed by atoms with Gasteiger partial charge in [0.15, 0.2) is 0 Å². The fourth-order valence-corrected chi connectivity index (χ4v) is 2.33. The van der Waals surface area contributed by atoms with Crippen LogP contribution in [0.5, 0.6) is 0 Å². The molecule has 6 heteroatoms. The molecule has 0 aliphatic rings. The van der Waals surface area contributed by atoms with Crippen LogP contribution in [0.2, 0.25) is 0 Å². The van der Waals surface area contributed by atoms with Crippen molar-refractivity contribution in [1.82, 2.24) is 14.8 Å². The van der Waals surface area contributed by atoms with Gasteiger partial charge in [0, 0.05) is 13.1 Å². The number of nitrogens with zero attached hydrogens (tertiary/aromatic N) is 3. The van der Waals surface area contributed by atoms with E-state index in [9.17, 15) is 0 Å². The number of aromatic nitrogens is 3. The van der Waals surface area contributed by atoms with Crippen molar-refractivity contribution in [1.29, 1.82) is 0 Å². The normalized spacial score (nSPS) is 10.4. The van der Waals surface area contributed by atoms with Crippen LogP contribution in [0.3, 0.4) is 0 Å². The smallest absolute Gasteiger partial charge is 0.124 e. The van der Waals surface area contributed by atoms with Crippen LogP contribution in [0, 0.1) is 0 Å². The van der Waals surface area contributed by atoms with Gasteiger partial charge in [-0.25, -0.2) is 4.98 Å². The maximum Gasteiger partial charge on any atom is 0.124 e. The zero-order valence-corrected chi connectivity index (χ0v) is 9.97. The molecule has 0 aromatic carbocycles. The first-order chi connectivity index (χ1) is 6.75. The Balaban J connectivity index is 1.98. The minimum Gasteiger partial charge on any atom is -0.364 e. The molecule has 0 spiro atoms. The topological polar surface area (TPSA) is 42.7 Å². The molecule has 14 heavy (non-hydrogen) atoms. The third-order valence-electron chi connectivity index (χ3n) is 1.77. The summed E-state index contributed by atoms with van der Waals surface area (Å²) in [5.74, 6) is 0.997. The lowest BCUT2D eigenvalue weighted by Crippen LogP contribution is -2.03. The molecule has 0 aliphatic carbocycles. The summed E-state index contributed by atoms with van der Waals surface area (Å²) in [6.07, 6.45) is 3.57. The van der Waals surface area contributed by atoms with Crippen LogP contribution in [0.1, 0.15) is 5.01 Å². The molecule has 0 atom stereocenters. The fourth-order valence-electron chi connectivity index (χ4n) is 1.08. The van der Waals surface area contributed by atoms with Crippen molar-refractivity contribution >= 4 is 33.1 Å². The summed E-state index contributed by atoms with van der Waals surface area (Å²) < 4.78 is 2.85. The van der Waals surface area contributed by atoms with E-state index in [4.69, 9.17) is 0 Å². The molecule has 0 fully saturated rings. The molecule has 0 aliphatic heterocycles. The van der Waals surface area contributed by atoms with E-state index in [0.29, 0.717) is 0 Å². The minimum absolute atomic E-state index is 0.732. The van der Waals surface area contributed by atoms with Gasteiger partial charge in [-0.3, -0.25) is 4.68 Å². The van der Waals surface area contributed by atoms with Crippen LogP contribution < -0.4 is 5.32 Å². The second kappa shape index (κ2) is 4.10. The number of nitrogens with one attached hydrogen (secondary N) is 1. The average molecular weight is 273 g/mol. The van der Waals surface area contributed by atoms with Gasteiger partial charge in [-0.05, 0) is 15.9 Å². The Morgan fingerprint density at radius 1 is 1.64 bits per heavy atom. The molecule has 0 radical (unpaired) electrons. The monoisotopic (exact) mass is 272 g/mol. The van der Waals surface area contributed by atoms with Crippen LogP contribution in [-0.2, 0) is 13.6 Å². The Labute approximate surface area is 94.1 Å². The lowest BCUT2D eigenvalue weighted by molar-refractivity contribution is 0.768. The predicted molar refractivity (Wildman–Crippen MR) is 60.3 cm³/mol. The molecule has 0 saturated heterocycles. The van der Waals surface area contributed by atoms with Crippen molar-refractivity contribution in [2.24, 2.45) is 7.05 Å². The first-order valence-corrected chi connectivity index (χ1v) is 5.69. The number of thiazole rings is 1. The summed E-state index contributed by atoms with van der Waals surface area (Å²) in [4.78, 5) is 4.22. The summed E-state index contributed by atoms with van der Waals surface area (Å²) in [5, 5.41) is 8.37. The summed E-state index contributed by atoms with van der Waals surface area (Å²) >= 11 is 5.00. The number of rotatable bonds is 3. The lowest BCUT2D eigenvalue weighted by atomic mass is 10.6. The van der Waals surface area contributed by atoms with Crippen LogP contribution >= 0.6 is 27.3 Å². The Kier molecular flexibility index (Phi) is 2.83. The van der Waals surface area contributed by atoms with Gasteiger partial charge >= 0.3 is 0 Å². The van der Waals surface area contributed by atoms with Gasteiger partial charge in [0.05, 0.1) is 22.7 Å². The van der Waals surface area contributed by atoms with Crippen LogP contribution in [-0.4, -0.2) is 14.8 Å². The quantitative estimate of drug-likeness (QED) is 0.932. The first-order valence-electron chi connectivity index (χ1n) is 4.08. The van der Waals surface area contributed by atoms with Gasteiger partial charge in [-0.2, -0.15) is 5.10 Å². The van der Waals surface area contributed by atoms with Crippen LogP contribution in [0.4, 0.5) is 5.82 Å². The van der Waals surface area contributed by atoms with E-state index in [-0.39, 0.29) is 0 Å². The van der Waals surface area contributed by atoms with Crippen molar-refractivity contribution in [3.63, 3.8) is 0 Å². The van der Waals surface area contributed by atoms with E-state index in [1.165, 1.54) is 0 Å². The molecule has 0 unspecified atom stereocenters. The molecule has 0 amide bonds. The highest BCUT2D eigenvalue weighted by Gasteiger charge is 2.01. The van der Waals surface area contributed by atoms with E-state index >= 15 is 0 Å². The molecule has 2 aromatic heterocycles. The minimum atomic E-state index is 0.732. The third-order valence-corrected chi connectivity index (χ3v) is 3.24. The van der Waals surface area contributed by atoms with E-state index in [2.05, 4.69) is 31.3 Å². The highest BCUT2D eigenvalue weighted by molar-refractivity contribution is 9.11. The van der Waals surface area contributed by atoms with E-state index < -0.39 is 0 Å². The van der Waals surface area contributed by atoms with E-state index in [0.717, 1.165) is 21.2 Å². The summed E-state index contributed by atoms with van der Waals surface area (Å²) in [6.45, 7) is 0.732. The second-order valence-corrected chi connectivity index (χ2v) is 5.25. The molecule has 4 nitrogen and oxygen atoms in total. The molecule has 2 heterocycles. The highest BCUT2D eigenvalue weighted by atomic mass is 79.9. The maximum atomic E-state index is 4.22. The third kappa shape index (κ3) is 2.13. The number of aryl methyl sites for hydroxylation is 1. The highest BCUT2D eigenvalue weighted by Crippen LogP contribution is 2.19. The summed E-state index contributed by atoms with van der Waals surface area (Å²) in [5.41, 5.74) is 0. The van der Waals surface area contributed by atoms with Gasteiger partial charge in [-0.15, -0.1) is 11.3 Å². The molecule has 0 bridgehead atoms. The predicted octanol–water partition coefficient (Wildman–Crippen LogP) is 2.25. The largest absolute Gasteiger partial charge is 0.364 e. The van der Waals surface area contributed by atoms with Gasteiger partial charge < -0.3 is 5.32 Å². The van der Waals surface area contributed by atoms with Gasteiger partial charge in [0.2, 0.25) is 0 Å². The van der Waals surface area contributed by atoms with Gasteiger partial charge in [0.25, 0.3) is 0 Å². The number of hydrogen-bond donors (Lipinski definition) is 1. The van der Waals surface area contributed by atoms with Crippen LogP contribution in [0.15, 0.2) is 22.2 Å². The Morgan fingerprint density at radius 3 is 3.07 bits per heavy atom. The Morgan fingerprint density at radius 2 is 2.50 bits per heavy atom. The molecular formula is C8H9BrN4S.